The minimum Gasteiger partial charge on any atom is -0.497 e. The predicted molar refractivity (Wildman–Crippen MR) is 128 cm³/mol. The molecule has 0 bridgehead atoms. The Balaban J connectivity index is 2.60. The van der Waals surface area contributed by atoms with Gasteiger partial charge in [0, 0.05) is 11.1 Å². The molecule has 0 spiro atoms. The van der Waals surface area contributed by atoms with Crippen molar-refractivity contribution in [3.8, 4) is 17.6 Å². The molecule has 2 aromatic carbocycles. The van der Waals surface area contributed by atoms with Crippen molar-refractivity contribution in [2.45, 2.75) is 51.2 Å². The fourth-order valence-electron chi connectivity index (χ4n) is 2.71. The molecule has 178 valence electrons. The van der Waals surface area contributed by atoms with Gasteiger partial charge in [0.1, 0.15) is 11.9 Å². The molecular weight excluding hydrogens is 445 g/mol. The number of halogens is 3. The van der Waals surface area contributed by atoms with Crippen LogP contribution in [-0.4, -0.2) is 33.3 Å². The number of aliphatic hydroxyl groups is 1. The van der Waals surface area contributed by atoms with Gasteiger partial charge in [-0.05, 0) is 48.0 Å². The maximum absolute atomic E-state index is 14.2. The molecular formula is C26H31F3O3Si. The third kappa shape index (κ3) is 7.23. The van der Waals surface area contributed by atoms with Crippen molar-refractivity contribution < 1.29 is 27.4 Å². The molecule has 0 aliphatic rings. The van der Waals surface area contributed by atoms with E-state index in [1.165, 1.54) is 7.11 Å². The van der Waals surface area contributed by atoms with Crippen LogP contribution in [0.3, 0.4) is 0 Å². The minimum absolute atomic E-state index is 0.267. The Labute approximate surface area is 195 Å². The highest BCUT2D eigenvalue weighted by molar-refractivity contribution is 6.74. The summed E-state index contributed by atoms with van der Waals surface area (Å²) in [5.74, 6) is 5.98. The number of ether oxygens (including phenoxy) is 1. The molecule has 2 rings (SSSR count). The highest BCUT2D eigenvalue weighted by Gasteiger charge is 2.42. The number of methoxy groups -OCH3 is 1. The molecule has 0 aliphatic heterocycles. The molecule has 2 aromatic rings. The van der Waals surface area contributed by atoms with Crippen LogP contribution in [0.15, 0.2) is 65.7 Å². The first kappa shape index (κ1) is 26.7. The van der Waals surface area contributed by atoms with Crippen LogP contribution in [-0.2, 0) is 4.43 Å². The lowest BCUT2D eigenvalue weighted by Crippen LogP contribution is -2.42. The summed E-state index contributed by atoms with van der Waals surface area (Å²) in [6.45, 7) is 8.98. The molecule has 0 amide bonds. The summed E-state index contributed by atoms with van der Waals surface area (Å²) in [4.78, 5) is 0. The number of rotatable bonds is 6. The van der Waals surface area contributed by atoms with Gasteiger partial charge in [0.25, 0.3) is 0 Å². The van der Waals surface area contributed by atoms with E-state index < -0.39 is 38.4 Å². The lowest BCUT2D eigenvalue weighted by atomic mass is 9.96. The molecule has 0 aliphatic carbocycles. The van der Waals surface area contributed by atoms with E-state index in [0.717, 1.165) is 0 Å². The van der Waals surface area contributed by atoms with Crippen LogP contribution < -0.4 is 4.74 Å². The molecule has 0 aromatic heterocycles. The number of aliphatic hydroxyl groups excluding tert-OH is 1. The van der Waals surface area contributed by atoms with Crippen molar-refractivity contribution in [2.24, 2.45) is 0 Å². The fourth-order valence-corrected chi connectivity index (χ4v) is 3.64. The summed E-state index contributed by atoms with van der Waals surface area (Å²) in [6.07, 6.45) is -6.27. The van der Waals surface area contributed by atoms with E-state index in [1.807, 2.05) is 33.9 Å². The molecule has 0 radical (unpaired) electrons. The maximum atomic E-state index is 14.2. The van der Waals surface area contributed by atoms with Crippen molar-refractivity contribution in [3.05, 3.63) is 76.9 Å². The lowest BCUT2D eigenvalue weighted by molar-refractivity contribution is -0.0986. The van der Waals surface area contributed by atoms with Crippen LogP contribution in [0.2, 0.25) is 18.1 Å². The average Bonchev–Trinajstić information content (AvgIpc) is 2.74. The molecule has 0 saturated carbocycles. The van der Waals surface area contributed by atoms with Gasteiger partial charge in [-0.1, -0.05) is 62.9 Å². The minimum atomic E-state index is -4.72. The van der Waals surface area contributed by atoms with Gasteiger partial charge in [0.2, 0.25) is 0 Å². The smallest absolute Gasteiger partial charge is 0.415 e. The number of hydrogen-bond donors (Lipinski definition) is 1. The topological polar surface area (TPSA) is 38.7 Å². The Morgan fingerprint density at radius 3 is 2.06 bits per heavy atom. The molecule has 3 nitrogen and oxygen atoms in total. The zero-order valence-corrected chi connectivity index (χ0v) is 20.9. The first-order chi connectivity index (χ1) is 15.3. The molecule has 1 atom stereocenters. The van der Waals surface area contributed by atoms with E-state index in [2.05, 4.69) is 11.8 Å². The Bertz CT molecular complexity index is 1010. The van der Waals surface area contributed by atoms with Crippen LogP contribution in [0, 0.1) is 11.8 Å². The van der Waals surface area contributed by atoms with Crippen LogP contribution in [0.5, 0.6) is 5.75 Å². The summed E-state index contributed by atoms with van der Waals surface area (Å²) >= 11 is 0. The van der Waals surface area contributed by atoms with Gasteiger partial charge >= 0.3 is 6.18 Å². The van der Waals surface area contributed by atoms with Gasteiger partial charge < -0.3 is 14.3 Å². The summed E-state index contributed by atoms with van der Waals surface area (Å²) in [7, 11) is -0.958. The molecule has 1 unspecified atom stereocenters. The average molecular weight is 477 g/mol. The summed E-state index contributed by atoms with van der Waals surface area (Å²) in [5.41, 5.74) is -0.557. The van der Waals surface area contributed by atoms with E-state index in [1.54, 1.807) is 54.6 Å². The largest absolute Gasteiger partial charge is 0.497 e. The zero-order valence-electron chi connectivity index (χ0n) is 19.9. The maximum Gasteiger partial charge on any atom is 0.415 e. The van der Waals surface area contributed by atoms with E-state index in [9.17, 15) is 18.3 Å². The lowest BCUT2D eigenvalue weighted by Gasteiger charge is -2.36. The Hall–Kier alpha value is -2.53. The second-order valence-electron chi connectivity index (χ2n) is 9.23. The molecule has 0 fully saturated rings. The van der Waals surface area contributed by atoms with Crippen molar-refractivity contribution >= 4 is 8.32 Å². The molecule has 0 heterocycles. The third-order valence-electron chi connectivity index (χ3n) is 5.87. The Kier molecular flexibility index (Phi) is 8.58. The first-order valence-corrected chi connectivity index (χ1v) is 13.5. The molecule has 1 N–H and O–H groups in total. The molecule has 7 heteroatoms. The summed E-state index contributed by atoms with van der Waals surface area (Å²) in [5, 5.41) is 10.7. The molecule has 33 heavy (non-hydrogen) atoms. The SMILES string of the molecule is COc1ccc(C#C/C(=C(/CO[Si](C)(C)C(C)(C)C)C(F)(F)F)C(O)c2ccccc2)cc1. The van der Waals surface area contributed by atoms with Gasteiger partial charge in [0.15, 0.2) is 8.32 Å². The number of benzene rings is 2. The third-order valence-corrected chi connectivity index (χ3v) is 10.3. The predicted octanol–water partition coefficient (Wildman–Crippen LogP) is 6.66. The monoisotopic (exact) mass is 476 g/mol. The van der Waals surface area contributed by atoms with Crippen LogP contribution in [0.25, 0.3) is 0 Å². The van der Waals surface area contributed by atoms with Crippen LogP contribution in [0.1, 0.15) is 38.0 Å². The Morgan fingerprint density at radius 2 is 1.58 bits per heavy atom. The van der Waals surface area contributed by atoms with Gasteiger partial charge in [-0.15, -0.1) is 0 Å². The Morgan fingerprint density at radius 1 is 1.00 bits per heavy atom. The van der Waals surface area contributed by atoms with Crippen LogP contribution in [0.4, 0.5) is 13.2 Å². The standard InChI is InChI=1S/C26H31F3O3Si/c1-25(2,3)33(5,6)32-18-23(26(27,28)29)22(24(30)20-10-8-7-9-11-20)17-14-19-12-15-21(31-4)16-13-19/h7-13,15-16,24,30H,18H2,1-6H3/b23-22+. The van der Waals surface area contributed by atoms with Crippen molar-refractivity contribution in [2.75, 3.05) is 13.7 Å². The normalized spacial score (nSPS) is 14.1. The van der Waals surface area contributed by atoms with Crippen molar-refractivity contribution in [3.63, 3.8) is 0 Å². The molecule has 0 saturated heterocycles. The highest BCUT2D eigenvalue weighted by atomic mass is 28.4. The second-order valence-corrected chi connectivity index (χ2v) is 14.0. The summed E-state index contributed by atoms with van der Waals surface area (Å²) in [6, 6.07) is 14.8. The highest BCUT2D eigenvalue weighted by Crippen LogP contribution is 2.39. The van der Waals surface area contributed by atoms with E-state index in [0.29, 0.717) is 16.9 Å². The van der Waals surface area contributed by atoms with E-state index in [4.69, 9.17) is 9.16 Å². The van der Waals surface area contributed by atoms with E-state index in [-0.39, 0.29) is 5.04 Å². The number of alkyl halides is 3. The van der Waals surface area contributed by atoms with Gasteiger partial charge in [0.05, 0.1) is 19.3 Å². The quantitative estimate of drug-likeness (QED) is 0.374. The fraction of sp³-hybridized carbons (Fsp3) is 0.385. The second kappa shape index (κ2) is 10.6. The van der Waals surface area contributed by atoms with E-state index >= 15 is 0 Å². The van der Waals surface area contributed by atoms with Gasteiger partial charge in [-0.3, -0.25) is 0 Å². The summed E-state index contributed by atoms with van der Waals surface area (Å²) < 4.78 is 53.7. The van der Waals surface area contributed by atoms with Crippen molar-refractivity contribution in [1.29, 1.82) is 0 Å². The van der Waals surface area contributed by atoms with Gasteiger partial charge in [-0.25, -0.2) is 0 Å². The van der Waals surface area contributed by atoms with Crippen LogP contribution >= 0.6 is 0 Å². The number of hydrogen-bond acceptors (Lipinski definition) is 3. The zero-order chi connectivity index (χ0) is 24.9. The van der Waals surface area contributed by atoms with Gasteiger partial charge in [-0.2, -0.15) is 13.2 Å². The van der Waals surface area contributed by atoms with Crippen molar-refractivity contribution in [1.82, 2.24) is 0 Å². The first-order valence-electron chi connectivity index (χ1n) is 10.6.